The van der Waals surface area contributed by atoms with Crippen LogP contribution in [-0.2, 0) is 5.60 Å². The van der Waals surface area contributed by atoms with Crippen molar-refractivity contribution < 1.29 is 18.3 Å². The van der Waals surface area contributed by atoms with Crippen molar-refractivity contribution in [3.05, 3.63) is 82.0 Å². The average Bonchev–Trinajstić information content (AvgIpc) is 3.17. The van der Waals surface area contributed by atoms with Gasteiger partial charge in [0.1, 0.15) is 5.69 Å². The quantitative estimate of drug-likeness (QED) is 0.399. The van der Waals surface area contributed by atoms with E-state index >= 15 is 0 Å². The topological polar surface area (TPSA) is 72.0 Å². The molecule has 0 aliphatic carbocycles. The maximum Gasteiger partial charge on any atom is 0.421 e. The van der Waals surface area contributed by atoms with Crippen LogP contribution in [0.3, 0.4) is 0 Å². The minimum atomic E-state index is -4.83. The van der Waals surface area contributed by atoms with E-state index in [0.29, 0.717) is 17.6 Å². The largest absolute Gasteiger partial charge is 0.421 e. The summed E-state index contributed by atoms with van der Waals surface area (Å²) in [5, 5.41) is 11.4. The van der Waals surface area contributed by atoms with E-state index in [-0.39, 0.29) is 11.3 Å². The summed E-state index contributed by atoms with van der Waals surface area (Å²) in [5.74, 6) is 0. The van der Waals surface area contributed by atoms with Crippen LogP contribution in [0.15, 0.2) is 60.9 Å². The summed E-state index contributed by atoms with van der Waals surface area (Å²) in [4.78, 5) is 9.37. The normalized spacial score (nSPS) is 15.1. The Morgan fingerprint density at radius 1 is 1.06 bits per heavy atom. The molecule has 160 valence electrons. The van der Waals surface area contributed by atoms with Crippen LogP contribution in [0.25, 0.3) is 21.5 Å². The molecule has 1 aromatic carbocycles. The molecule has 0 amide bonds. The van der Waals surface area contributed by atoms with Crippen molar-refractivity contribution >= 4 is 33.0 Å². The molecule has 0 aliphatic heterocycles. The van der Waals surface area contributed by atoms with E-state index in [9.17, 15) is 18.3 Å². The average molecular weight is 464 g/mol. The summed E-state index contributed by atoms with van der Waals surface area (Å²) in [7, 11) is 0. The summed E-state index contributed by atoms with van der Waals surface area (Å²) >= 11 is 7.66. The molecule has 0 saturated heterocycles. The maximum atomic E-state index is 13.3. The third-order valence-corrected chi connectivity index (χ3v) is 6.70. The smallest absolute Gasteiger partial charge is 0.376 e. The first kappa shape index (κ1) is 21.7. The number of aromatic nitrogens is 2. The predicted octanol–water partition coefficient (Wildman–Crippen LogP) is 5.83. The molecule has 3 aromatic heterocycles. The highest BCUT2D eigenvalue weighted by Crippen LogP contribution is 2.41. The zero-order chi connectivity index (χ0) is 22.4. The molecule has 4 rings (SSSR count). The molecular weight excluding hydrogens is 447 g/mol. The lowest BCUT2D eigenvalue weighted by Crippen LogP contribution is -2.39. The lowest BCUT2D eigenvalue weighted by atomic mass is 9.95. The Kier molecular flexibility index (Phi) is 5.51. The van der Waals surface area contributed by atoms with Crippen molar-refractivity contribution in [1.82, 2.24) is 9.97 Å². The minimum Gasteiger partial charge on any atom is -0.376 e. The Bertz CT molecular complexity index is 1260. The van der Waals surface area contributed by atoms with E-state index in [0.717, 1.165) is 26.6 Å². The number of benzene rings is 1. The fourth-order valence-corrected chi connectivity index (χ4v) is 4.66. The number of nitrogens with two attached hydrogens (primary N) is 1. The summed E-state index contributed by atoms with van der Waals surface area (Å²) in [6, 6.07) is 12.9. The summed E-state index contributed by atoms with van der Waals surface area (Å²) < 4.78 is 40.6. The van der Waals surface area contributed by atoms with Gasteiger partial charge in [0.25, 0.3) is 0 Å². The van der Waals surface area contributed by atoms with E-state index < -0.39 is 17.8 Å². The SMILES string of the molecule is CC(O)(c1ccnc(-c2nccc3cc([C@H](N)c4ccccc4Cl)sc23)c1)C(F)(F)F. The van der Waals surface area contributed by atoms with E-state index in [4.69, 9.17) is 17.3 Å². The molecule has 0 spiro atoms. The molecule has 2 atom stereocenters. The van der Waals surface area contributed by atoms with Gasteiger partial charge in [-0.15, -0.1) is 11.3 Å². The highest BCUT2D eigenvalue weighted by atomic mass is 35.5. The molecule has 0 saturated carbocycles. The second-order valence-electron chi connectivity index (χ2n) is 7.23. The second kappa shape index (κ2) is 7.87. The van der Waals surface area contributed by atoms with E-state index in [1.807, 2.05) is 24.3 Å². The molecular formula is C22H17ClF3N3OS. The van der Waals surface area contributed by atoms with Crippen molar-refractivity contribution in [2.24, 2.45) is 5.73 Å². The van der Waals surface area contributed by atoms with Gasteiger partial charge in [-0.2, -0.15) is 13.2 Å². The van der Waals surface area contributed by atoms with Gasteiger partial charge in [0.2, 0.25) is 0 Å². The Hall–Kier alpha value is -2.52. The summed E-state index contributed by atoms with van der Waals surface area (Å²) in [6.07, 6.45) is -2.04. The van der Waals surface area contributed by atoms with E-state index in [2.05, 4.69) is 9.97 Å². The summed E-state index contributed by atoms with van der Waals surface area (Å²) in [5.41, 5.74) is 4.53. The fraction of sp³-hybridized carbons (Fsp3) is 0.182. The van der Waals surface area contributed by atoms with Crippen LogP contribution >= 0.6 is 22.9 Å². The first-order chi connectivity index (χ1) is 14.6. The Balaban J connectivity index is 1.80. The molecule has 4 aromatic rings. The third-order valence-electron chi connectivity index (χ3n) is 5.12. The van der Waals surface area contributed by atoms with Crippen molar-refractivity contribution in [3.63, 3.8) is 0 Å². The minimum absolute atomic E-state index is 0.229. The number of fused-ring (bicyclic) bond motifs is 1. The maximum absolute atomic E-state index is 13.3. The lowest BCUT2D eigenvalue weighted by Gasteiger charge is -2.26. The lowest BCUT2D eigenvalue weighted by molar-refractivity contribution is -0.258. The van der Waals surface area contributed by atoms with Gasteiger partial charge in [-0.25, -0.2) is 0 Å². The zero-order valence-corrected chi connectivity index (χ0v) is 17.8. The molecule has 0 bridgehead atoms. The van der Waals surface area contributed by atoms with Gasteiger partial charge < -0.3 is 10.8 Å². The Morgan fingerprint density at radius 3 is 2.48 bits per heavy atom. The van der Waals surface area contributed by atoms with Gasteiger partial charge in [0, 0.05) is 22.3 Å². The highest BCUT2D eigenvalue weighted by molar-refractivity contribution is 7.19. The fourth-order valence-electron chi connectivity index (χ4n) is 3.23. The number of nitrogens with zero attached hydrogens (tertiary/aromatic N) is 2. The number of hydrogen-bond donors (Lipinski definition) is 2. The van der Waals surface area contributed by atoms with Crippen molar-refractivity contribution in [3.8, 4) is 11.4 Å². The van der Waals surface area contributed by atoms with Crippen LogP contribution in [0.4, 0.5) is 13.2 Å². The monoisotopic (exact) mass is 463 g/mol. The van der Waals surface area contributed by atoms with Crippen LogP contribution in [0.2, 0.25) is 5.02 Å². The Morgan fingerprint density at radius 2 is 1.77 bits per heavy atom. The molecule has 0 fully saturated rings. The van der Waals surface area contributed by atoms with Crippen LogP contribution in [-0.4, -0.2) is 21.3 Å². The zero-order valence-electron chi connectivity index (χ0n) is 16.2. The number of halogens is 4. The van der Waals surface area contributed by atoms with Crippen LogP contribution in [0.5, 0.6) is 0 Å². The molecule has 0 aliphatic rings. The number of aliphatic hydroxyl groups is 1. The summed E-state index contributed by atoms with van der Waals surface area (Å²) in [6.45, 7) is 0.714. The van der Waals surface area contributed by atoms with Crippen LogP contribution in [0.1, 0.15) is 29.0 Å². The third kappa shape index (κ3) is 3.92. The standard InChI is InChI=1S/C22H17ClF3N3OS/c1-21(30,22(24,25)26)13-7-9-28-16(11-13)19-20-12(6-8-29-19)10-17(31-20)18(27)14-4-2-3-5-15(14)23/h2-11,18,30H,27H2,1H3/t18-,21?/m1/s1. The van der Waals surface area contributed by atoms with Crippen LogP contribution in [0, 0.1) is 0 Å². The second-order valence-corrected chi connectivity index (χ2v) is 8.72. The highest BCUT2D eigenvalue weighted by Gasteiger charge is 2.51. The Labute approximate surface area is 185 Å². The van der Waals surface area contributed by atoms with E-state index in [1.165, 1.54) is 23.6 Å². The number of pyridine rings is 2. The molecule has 3 N–H and O–H groups in total. The molecule has 9 heteroatoms. The van der Waals surface area contributed by atoms with Crippen molar-refractivity contribution in [2.45, 2.75) is 24.7 Å². The number of alkyl halides is 3. The molecule has 1 unspecified atom stereocenters. The molecule has 3 heterocycles. The number of hydrogen-bond acceptors (Lipinski definition) is 5. The van der Waals surface area contributed by atoms with Gasteiger partial charge in [0.05, 0.1) is 16.4 Å². The molecule has 4 nitrogen and oxygen atoms in total. The van der Waals surface area contributed by atoms with Gasteiger partial charge in [-0.1, -0.05) is 29.8 Å². The van der Waals surface area contributed by atoms with Gasteiger partial charge in [-0.3, -0.25) is 9.97 Å². The van der Waals surface area contributed by atoms with Crippen molar-refractivity contribution in [2.75, 3.05) is 0 Å². The molecule has 31 heavy (non-hydrogen) atoms. The molecule has 0 radical (unpaired) electrons. The van der Waals surface area contributed by atoms with Crippen LogP contribution < -0.4 is 5.73 Å². The number of thiophene rings is 1. The first-order valence-corrected chi connectivity index (χ1v) is 10.4. The number of rotatable bonds is 4. The van der Waals surface area contributed by atoms with Crippen molar-refractivity contribution in [1.29, 1.82) is 0 Å². The van der Waals surface area contributed by atoms with Gasteiger partial charge in [-0.05, 0) is 53.8 Å². The van der Waals surface area contributed by atoms with Gasteiger partial charge in [0.15, 0.2) is 5.60 Å². The predicted molar refractivity (Wildman–Crippen MR) is 116 cm³/mol. The first-order valence-electron chi connectivity index (χ1n) is 9.24. The van der Waals surface area contributed by atoms with Gasteiger partial charge >= 0.3 is 6.18 Å². The van der Waals surface area contributed by atoms with E-state index in [1.54, 1.807) is 18.3 Å².